The van der Waals surface area contributed by atoms with Gasteiger partial charge in [-0.1, -0.05) is 0 Å². The van der Waals surface area contributed by atoms with Crippen molar-refractivity contribution in [3.8, 4) is 0 Å². The Labute approximate surface area is 177 Å². The van der Waals surface area contributed by atoms with Crippen molar-refractivity contribution in [2.45, 2.75) is 19.6 Å². The second kappa shape index (κ2) is 8.50. The second-order valence-electron chi connectivity index (χ2n) is 7.44. The molecule has 31 heavy (non-hydrogen) atoms. The van der Waals surface area contributed by atoms with E-state index in [0.717, 1.165) is 17.9 Å². The third-order valence-electron chi connectivity index (χ3n) is 5.21. The first kappa shape index (κ1) is 21.0. The van der Waals surface area contributed by atoms with Gasteiger partial charge in [-0.25, -0.2) is 0 Å². The van der Waals surface area contributed by atoms with E-state index in [4.69, 9.17) is 8.83 Å². The number of anilines is 2. The van der Waals surface area contributed by atoms with Crippen LogP contribution in [-0.4, -0.2) is 37.0 Å². The van der Waals surface area contributed by atoms with Crippen molar-refractivity contribution in [3.05, 3.63) is 71.6 Å². The summed E-state index contributed by atoms with van der Waals surface area (Å²) >= 11 is 0. The summed E-state index contributed by atoms with van der Waals surface area (Å²) < 4.78 is 50.5. The second-order valence-corrected chi connectivity index (χ2v) is 7.44. The number of amides is 1. The molecule has 1 N–H and O–H groups in total. The summed E-state index contributed by atoms with van der Waals surface area (Å²) in [5.74, 6) is 0.862. The van der Waals surface area contributed by atoms with Gasteiger partial charge in [-0.3, -0.25) is 9.69 Å². The van der Waals surface area contributed by atoms with Crippen LogP contribution in [0.2, 0.25) is 0 Å². The monoisotopic (exact) mass is 433 g/mol. The lowest BCUT2D eigenvalue weighted by Gasteiger charge is -2.36. The Balaban J connectivity index is 1.53. The van der Waals surface area contributed by atoms with Gasteiger partial charge in [0.2, 0.25) is 0 Å². The normalized spacial score (nSPS) is 15.3. The number of benzene rings is 1. The Kier molecular flexibility index (Phi) is 5.77. The number of hydrogen-bond donors (Lipinski definition) is 1. The van der Waals surface area contributed by atoms with Crippen LogP contribution in [0.5, 0.6) is 0 Å². The van der Waals surface area contributed by atoms with Crippen molar-refractivity contribution in [2.75, 3.05) is 36.4 Å². The molecule has 0 spiro atoms. The first-order chi connectivity index (χ1) is 14.8. The van der Waals surface area contributed by atoms with E-state index in [0.29, 0.717) is 44.2 Å². The minimum atomic E-state index is -4.51. The molecule has 9 heteroatoms. The van der Waals surface area contributed by atoms with Crippen molar-refractivity contribution in [1.29, 1.82) is 0 Å². The fraction of sp³-hybridized carbons (Fsp3) is 0.318. The number of rotatable bonds is 5. The Bertz CT molecular complexity index is 1040. The summed E-state index contributed by atoms with van der Waals surface area (Å²) in [7, 11) is 0. The van der Waals surface area contributed by atoms with Gasteiger partial charge in [0, 0.05) is 26.2 Å². The summed E-state index contributed by atoms with van der Waals surface area (Å²) in [6.45, 7) is 5.01. The van der Waals surface area contributed by atoms with Gasteiger partial charge >= 0.3 is 6.18 Å². The fourth-order valence-corrected chi connectivity index (χ4v) is 3.60. The van der Waals surface area contributed by atoms with Crippen molar-refractivity contribution < 1.29 is 26.8 Å². The van der Waals surface area contributed by atoms with Gasteiger partial charge < -0.3 is 19.1 Å². The molecule has 1 aromatic carbocycles. The smallest absolute Gasteiger partial charge is 0.416 e. The van der Waals surface area contributed by atoms with E-state index in [9.17, 15) is 18.0 Å². The number of carbonyl (C=O) groups is 1. The molecule has 0 unspecified atom stereocenters. The number of alkyl halides is 3. The molecule has 0 bridgehead atoms. The minimum Gasteiger partial charge on any atom is -0.468 e. The van der Waals surface area contributed by atoms with Gasteiger partial charge in [0.1, 0.15) is 11.5 Å². The summed E-state index contributed by atoms with van der Waals surface area (Å²) in [6, 6.07) is 10.3. The highest BCUT2D eigenvalue weighted by Crippen LogP contribution is 2.36. The van der Waals surface area contributed by atoms with Crippen LogP contribution in [0.25, 0.3) is 0 Å². The van der Waals surface area contributed by atoms with Crippen LogP contribution >= 0.6 is 0 Å². The number of hydrogen-bond acceptors (Lipinski definition) is 5. The van der Waals surface area contributed by atoms with Crippen molar-refractivity contribution in [2.24, 2.45) is 0 Å². The molecule has 164 valence electrons. The van der Waals surface area contributed by atoms with Crippen LogP contribution in [0, 0.1) is 6.92 Å². The Morgan fingerprint density at radius 3 is 2.48 bits per heavy atom. The summed E-state index contributed by atoms with van der Waals surface area (Å²) in [5, 5.41) is 2.59. The van der Waals surface area contributed by atoms with E-state index in [1.165, 1.54) is 12.1 Å². The summed E-state index contributed by atoms with van der Waals surface area (Å²) in [4.78, 5) is 16.7. The lowest BCUT2D eigenvalue weighted by atomic mass is 10.1. The molecule has 0 atom stereocenters. The van der Waals surface area contributed by atoms with Crippen molar-refractivity contribution in [1.82, 2.24) is 4.90 Å². The quantitative estimate of drug-likeness (QED) is 0.628. The molecule has 2 aromatic heterocycles. The molecular weight excluding hydrogens is 411 g/mol. The molecule has 0 radical (unpaired) electrons. The highest BCUT2D eigenvalue weighted by molar-refractivity contribution is 6.04. The average Bonchev–Trinajstić information content (AvgIpc) is 3.40. The molecule has 1 saturated heterocycles. The van der Waals surface area contributed by atoms with Gasteiger partial charge in [0.05, 0.1) is 29.7 Å². The standard InChI is InChI=1S/C22H22F3N3O3/c1-15-4-7-20(31-15)21(29)26-18-13-16(22(23,24)25)5-6-19(18)28-10-8-27(9-11-28)14-17-3-2-12-30-17/h2-7,12-13H,8-11,14H2,1H3,(H,26,29). The Morgan fingerprint density at radius 2 is 1.87 bits per heavy atom. The SMILES string of the molecule is Cc1ccc(C(=O)Nc2cc(C(F)(F)F)ccc2N2CCN(Cc3ccco3)CC2)o1. The molecule has 0 aliphatic carbocycles. The molecule has 0 saturated carbocycles. The van der Waals surface area contributed by atoms with Gasteiger partial charge in [-0.05, 0) is 49.4 Å². The fourth-order valence-electron chi connectivity index (χ4n) is 3.60. The number of halogens is 3. The molecule has 1 fully saturated rings. The highest BCUT2D eigenvalue weighted by atomic mass is 19.4. The molecule has 4 rings (SSSR count). The lowest BCUT2D eigenvalue weighted by Crippen LogP contribution is -2.46. The summed E-state index contributed by atoms with van der Waals surface area (Å²) in [6.07, 6.45) is -2.88. The Hall–Kier alpha value is -3.20. The minimum absolute atomic E-state index is 0.0455. The predicted molar refractivity (Wildman–Crippen MR) is 109 cm³/mol. The molecule has 1 aliphatic heterocycles. The van der Waals surface area contributed by atoms with Gasteiger partial charge in [0.15, 0.2) is 5.76 Å². The summed E-state index contributed by atoms with van der Waals surface area (Å²) in [5.41, 5.74) is -0.172. The molecule has 1 aliphatic rings. The third-order valence-corrected chi connectivity index (χ3v) is 5.21. The van der Waals surface area contributed by atoms with Crippen LogP contribution < -0.4 is 10.2 Å². The molecule has 6 nitrogen and oxygen atoms in total. The maximum Gasteiger partial charge on any atom is 0.416 e. The number of nitrogens with zero attached hydrogens (tertiary/aromatic N) is 2. The van der Waals surface area contributed by atoms with Crippen LogP contribution in [0.1, 0.15) is 27.6 Å². The van der Waals surface area contributed by atoms with E-state index < -0.39 is 17.6 Å². The van der Waals surface area contributed by atoms with E-state index in [1.54, 1.807) is 19.3 Å². The van der Waals surface area contributed by atoms with E-state index >= 15 is 0 Å². The van der Waals surface area contributed by atoms with E-state index in [-0.39, 0.29) is 11.4 Å². The first-order valence-corrected chi connectivity index (χ1v) is 9.88. The number of nitrogens with one attached hydrogen (secondary N) is 1. The van der Waals surface area contributed by atoms with Crippen LogP contribution in [0.4, 0.5) is 24.5 Å². The van der Waals surface area contributed by atoms with Crippen LogP contribution in [-0.2, 0) is 12.7 Å². The third kappa shape index (κ3) is 4.93. The van der Waals surface area contributed by atoms with Crippen LogP contribution in [0.15, 0.2) is 57.6 Å². The van der Waals surface area contributed by atoms with Crippen molar-refractivity contribution >= 4 is 17.3 Å². The highest BCUT2D eigenvalue weighted by Gasteiger charge is 2.32. The van der Waals surface area contributed by atoms with Gasteiger partial charge in [0.25, 0.3) is 5.91 Å². The predicted octanol–water partition coefficient (Wildman–Crippen LogP) is 4.77. The first-order valence-electron chi connectivity index (χ1n) is 9.88. The van der Waals surface area contributed by atoms with Crippen LogP contribution in [0.3, 0.4) is 0 Å². The maximum absolute atomic E-state index is 13.3. The van der Waals surface area contributed by atoms with Crippen molar-refractivity contribution in [3.63, 3.8) is 0 Å². The van der Waals surface area contributed by atoms with Gasteiger partial charge in [-0.15, -0.1) is 0 Å². The number of carbonyl (C=O) groups excluding carboxylic acids is 1. The topological polar surface area (TPSA) is 61.9 Å². The molecule has 1 amide bonds. The zero-order valence-corrected chi connectivity index (χ0v) is 16.9. The van der Waals surface area contributed by atoms with E-state index in [1.807, 2.05) is 17.0 Å². The zero-order valence-electron chi connectivity index (χ0n) is 16.9. The average molecular weight is 433 g/mol. The molecule has 3 aromatic rings. The number of aryl methyl sites for hydroxylation is 1. The number of piperazine rings is 1. The van der Waals surface area contributed by atoms with E-state index in [2.05, 4.69) is 10.2 Å². The Morgan fingerprint density at radius 1 is 1.10 bits per heavy atom. The number of furan rings is 2. The largest absolute Gasteiger partial charge is 0.468 e. The van der Waals surface area contributed by atoms with Gasteiger partial charge in [-0.2, -0.15) is 13.2 Å². The molecular formula is C22H22F3N3O3. The maximum atomic E-state index is 13.3. The molecule has 3 heterocycles. The lowest BCUT2D eigenvalue weighted by molar-refractivity contribution is -0.137. The zero-order chi connectivity index (χ0) is 22.0.